The van der Waals surface area contributed by atoms with Crippen LogP contribution in [0.5, 0.6) is 11.5 Å². The Morgan fingerprint density at radius 2 is 1.50 bits per heavy atom. The number of nitrogens with one attached hydrogen (secondary N) is 1. The lowest BCUT2D eigenvalue weighted by Crippen LogP contribution is -2.01. The maximum absolute atomic E-state index is 5.91. The van der Waals surface area contributed by atoms with Gasteiger partial charge >= 0.3 is 0 Å². The first-order valence-corrected chi connectivity index (χ1v) is 11.7. The third-order valence-electron chi connectivity index (χ3n) is 5.31. The summed E-state index contributed by atoms with van der Waals surface area (Å²) in [5.74, 6) is 2.84. The highest BCUT2D eigenvalue weighted by Crippen LogP contribution is 2.30. The van der Waals surface area contributed by atoms with Gasteiger partial charge in [0.2, 0.25) is 0 Å². The van der Waals surface area contributed by atoms with E-state index in [1.807, 2.05) is 94.9 Å². The summed E-state index contributed by atoms with van der Waals surface area (Å²) in [4.78, 5) is 14.3. The zero-order valence-electron chi connectivity index (χ0n) is 18.0. The standard InChI is InChI=1S/C27H19N5OS/c1-3-7-19(8-4-1)25-30-26(24-27(31-25)32(18-28-24)21-15-16-34-17-21)29-20-11-13-23(14-12-20)33-22-9-5-2-6-10-22/h1-18H,(H,29,30,31). The van der Waals surface area contributed by atoms with Crippen molar-refractivity contribution in [3.63, 3.8) is 0 Å². The minimum Gasteiger partial charge on any atom is -0.457 e. The van der Waals surface area contributed by atoms with Gasteiger partial charge < -0.3 is 10.1 Å². The molecule has 0 fully saturated rings. The van der Waals surface area contributed by atoms with Crippen molar-refractivity contribution in [1.29, 1.82) is 0 Å². The molecule has 0 aliphatic carbocycles. The fourth-order valence-electron chi connectivity index (χ4n) is 3.65. The number of thiophene rings is 1. The Hall–Kier alpha value is -4.49. The van der Waals surface area contributed by atoms with Crippen molar-refractivity contribution < 1.29 is 4.74 Å². The zero-order chi connectivity index (χ0) is 22.7. The molecule has 0 saturated heterocycles. The molecule has 0 aliphatic rings. The second kappa shape index (κ2) is 8.80. The van der Waals surface area contributed by atoms with Gasteiger partial charge in [0.15, 0.2) is 22.8 Å². The molecule has 0 saturated carbocycles. The van der Waals surface area contributed by atoms with Gasteiger partial charge in [0.05, 0.1) is 5.69 Å². The molecule has 34 heavy (non-hydrogen) atoms. The Morgan fingerprint density at radius 1 is 0.765 bits per heavy atom. The summed E-state index contributed by atoms with van der Waals surface area (Å²) in [6, 6.07) is 29.5. The predicted octanol–water partition coefficient (Wildman–Crippen LogP) is 7.08. The fraction of sp³-hybridized carbons (Fsp3) is 0. The molecule has 0 amide bonds. The number of hydrogen-bond donors (Lipinski definition) is 1. The molecule has 3 aromatic carbocycles. The van der Waals surface area contributed by atoms with Gasteiger partial charge in [-0.25, -0.2) is 15.0 Å². The number of hydrogen-bond acceptors (Lipinski definition) is 6. The second-order valence-corrected chi connectivity index (χ2v) is 8.37. The van der Waals surface area contributed by atoms with E-state index in [4.69, 9.17) is 14.7 Å². The molecule has 7 heteroatoms. The first kappa shape index (κ1) is 20.1. The van der Waals surface area contributed by atoms with Crippen molar-refractivity contribution in [2.75, 3.05) is 5.32 Å². The van der Waals surface area contributed by atoms with Crippen molar-refractivity contribution in [2.24, 2.45) is 0 Å². The molecule has 0 bridgehead atoms. The molecule has 0 unspecified atom stereocenters. The number of imidazole rings is 1. The minimum atomic E-state index is 0.636. The first-order chi connectivity index (χ1) is 16.8. The lowest BCUT2D eigenvalue weighted by molar-refractivity contribution is 0.483. The summed E-state index contributed by atoms with van der Waals surface area (Å²) in [5.41, 5.74) is 4.30. The van der Waals surface area contributed by atoms with Crippen LogP contribution in [0.25, 0.3) is 28.2 Å². The van der Waals surface area contributed by atoms with Gasteiger partial charge in [-0.1, -0.05) is 48.5 Å². The van der Waals surface area contributed by atoms with Gasteiger partial charge in [-0.15, -0.1) is 0 Å². The van der Waals surface area contributed by atoms with E-state index in [1.165, 1.54) is 0 Å². The van der Waals surface area contributed by atoms with E-state index >= 15 is 0 Å². The average Bonchev–Trinajstić information content (AvgIpc) is 3.56. The van der Waals surface area contributed by atoms with Crippen molar-refractivity contribution in [3.8, 4) is 28.6 Å². The molecule has 0 radical (unpaired) electrons. The van der Waals surface area contributed by atoms with Gasteiger partial charge in [0, 0.05) is 16.6 Å². The highest BCUT2D eigenvalue weighted by molar-refractivity contribution is 7.08. The van der Waals surface area contributed by atoms with E-state index in [9.17, 15) is 0 Å². The van der Waals surface area contributed by atoms with Crippen LogP contribution in [0.1, 0.15) is 0 Å². The Labute approximate surface area is 200 Å². The summed E-state index contributed by atoms with van der Waals surface area (Å²) in [6.07, 6.45) is 1.79. The van der Waals surface area contributed by atoms with Crippen LogP contribution in [-0.4, -0.2) is 19.5 Å². The quantitative estimate of drug-likeness (QED) is 0.287. The van der Waals surface area contributed by atoms with Crippen LogP contribution >= 0.6 is 11.3 Å². The highest BCUT2D eigenvalue weighted by Gasteiger charge is 2.16. The lowest BCUT2D eigenvalue weighted by Gasteiger charge is -2.11. The summed E-state index contributed by atoms with van der Waals surface area (Å²) >= 11 is 1.64. The minimum absolute atomic E-state index is 0.636. The molecule has 0 atom stereocenters. The number of para-hydroxylation sites is 1. The number of fused-ring (bicyclic) bond motifs is 1. The van der Waals surface area contributed by atoms with Crippen LogP contribution in [0, 0.1) is 0 Å². The third-order valence-corrected chi connectivity index (χ3v) is 5.98. The largest absolute Gasteiger partial charge is 0.457 e. The average molecular weight is 462 g/mol. The number of ether oxygens (including phenoxy) is 1. The Bertz CT molecular complexity index is 1530. The molecule has 6 nitrogen and oxygen atoms in total. The topological polar surface area (TPSA) is 64.9 Å². The smallest absolute Gasteiger partial charge is 0.170 e. The fourth-order valence-corrected chi connectivity index (χ4v) is 4.28. The van der Waals surface area contributed by atoms with E-state index in [1.54, 1.807) is 17.7 Å². The first-order valence-electron chi connectivity index (χ1n) is 10.8. The van der Waals surface area contributed by atoms with E-state index in [-0.39, 0.29) is 0 Å². The molecule has 164 valence electrons. The Balaban J connectivity index is 1.37. The predicted molar refractivity (Wildman–Crippen MR) is 136 cm³/mol. The monoisotopic (exact) mass is 461 g/mol. The van der Waals surface area contributed by atoms with Gasteiger partial charge in [-0.05, 0) is 47.8 Å². The van der Waals surface area contributed by atoms with E-state index < -0.39 is 0 Å². The van der Waals surface area contributed by atoms with Crippen LogP contribution in [-0.2, 0) is 0 Å². The highest BCUT2D eigenvalue weighted by atomic mass is 32.1. The maximum Gasteiger partial charge on any atom is 0.170 e. The summed E-state index contributed by atoms with van der Waals surface area (Å²) in [7, 11) is 0. The van der Waals surface area contributed by atoms with Crippen LogP contribution in [0.15, 0.2) is 108 Å². The molecule has 0 aliphatic heterocycles. The molecule has 3 heterocycles. The van der Waals surface area contributed by atoms with Crippen LogP contribution in [0.2, 0.25) is 0 Å². The lowest BCUT2D eigenvalue weighted by atomic mass is 10.2. The molecular formula is C27H19N5OS. The van der Waals surface area contributed by atoms with Crippen molar-refractivity contribution in [3.05, 3.63) is 108 Å². The van der Waals surface area contributed by atoms with Crippen LogP contribution in [0.4, 0.5) is 11.5 Å². The third kappa shape index (κ3) is 4.00. The molecular weight excluding hydrogens is 442 g/mol. The van der Waals surface area contributed by atoms with Crippen molar-refractivity contribution >= 4 is 34.0 Å². The van der Waals surface area contributed by atoms with Crippen LogP contribution < -0.4 is 10.1 Å². The van der Waals surface area contributed by atoms with E-state index in [0.717, 1.165) is 34.1 Å². The normalized spacial score (nSPS) is 10.9. The number of anilines is 2. The van der Waals surface area contributed by atoms with Gasteiger partial charge in [0.25, 0.3) is 0 Å². The molecule has 0 spiro atoms. The van der Waals surface area contributed by atoms with Crippen molar-refractivity contribution in [1.82, 2.24) is 19.5 Å². The number of rotatable bonds is 6. The summed E-state index contributed by atoms with van der Waals surface area (Å²) in [6.45, 7) is 0. The number of benzene rings is 3. The second-order valence-electron chi connectivity index (χ2n) is 7.59. The maximum atomic E-state index is 5.91. The number of nitrogens with zero attached hydrogens (tertiary/aromatic N) is 4. The molecule has 1 N–H and O–H groups in total. The van der Waals surface area contributed by atoms with Gasteiger partial charge in [-0.3, -0.25) is 4.57 Å². The zero-order valence-corrected chi connectivity index (χ0v) is 18.8. The molecule has 6 rings (SSSR count). The van der Waals surface area contributed by atoms with Gasteiger partial charge in [-0.2, -0.15) is 11.3 Å². The Kier molecular flexibility index (Phi) is 5.21. The van der Waals surface area contributed by atoms with Crippen LogP contribution in [0.3, 0.4) is 0 Å². The Morgan fingerprint density at radius 3 is 2.24 bits per heavy atom. The molecule has 3 aromatic heterocycles. The summed E-state index contributed by atoms with van der Waals surface area (Å²) < 4.78 is 7.90. The summed E-state index contributed by atoms with van der Waals surface area (Å²) in [5, 5.41) is 7.54. The SMILES string of the molecule is c1ccc(Oc2ccc(Nc3nc(-c4ccccc4)nc4c3ncn4-c3ccsc3)cc2)cc1. The van der Waals surface area contributed by atoms with E-state index in [0.29, 0.717) is 17.2 Å². The number of aromatic nitrogens is 4. The molecule has 6 aromatic rings. The van der Waals surface area contributed by atoms with E-state index in [2.05, 4.69) is 21.7 Å². The van der Waals surface area contributed by atoms with Gasteiger partial charge in [0.1, 0.15) is 17.8 Å². The van der Waals surface area contributed by atoms with Crippen molar-refractivity contribution in [2.45, 2.75) is 0 Å².